The lowest BCUT2D eigenvalue weighted by atomic mass is 9.87. The maximum Gasteiger partial charge on any atom is 0.228 e. The van der Waals surface area contributed by atoms with Crippen LogP contribution < -0.4 is 0 Å². The Balaban J connectivity index is 2.02. The second-order valence-electron chi connectivity index (χ2n) is 5.19. The van der Waals surface area contributed by atoms with Crippen LogP contribution in [-0.4, -0.2) is 29.3 Å². The van der Waals surface area contributed by atoms with E-state index in [0.717, 1.165) is 19.4 Å². The number of nitrogens with zero attached hydrogens (tertiary/aromatic N) is 1. The molecule has 2 saturated carbocycles. The van der Waals surface area contributed by atoms with Crippen LogP contribution in [0.1, 0.15) is 45.4 Å². The third-order valence-corrected chi connectivity index (χ3v) is 3.97. The Labute approximate surface area is 97.0 Å². The minimum absolute atomic E-state index is 0.0748. The van der Waals surface area contributed by atoms with Crippen LogP contribution in [0.15, 0.2) is 0 Å². The van der Waals surface area contributed by atoms with E-state index >= 15 is 0 Å². The zero-order chi connectivity index (χ0) is 10.9. The summed E-state index contributed by atoms with van der Waals surface area (Å²) in [5.74, 6) is 0.932. The average Bonchev–Trinajstić information content (AvgIpc) is 2.97. The largest absolute Gasteiger partial charge is 0.338 e. The van der Waals surface area contributed by atoms with Crippen molar-refractivity contribution in [3.8, 4) is 0 Å². The first-order valence-corrected chi connectivity index (χ1v) is 6.58. The van der Waals surface area contributed by atoms with E-state index in [1.807, 2.05) is 4.90 Å². The zero-order valence-corrected chi connectivity index (χ0v) is 10.2. The Kier molecular flexibility index (Phi) is 3.24. The van der Waals surface area contributed by atoms with Gasteiger partial charge in [-0.25, -0.2) is 0 Å². The van der Waals surface area contributed by atoms with Gasteiger partial charge in [-0.3, -0.25) is 4.79 Å². The lowest BCUT2D eigenvalue weighted by Crippen LogP contribution is -2.43. The number of hydrogen-bond acceptors (Lipinski definition) is 1. The maximum atomic E-state index is 12.4. The van der Waals surface area contributed by atoms with Crippen LogP contribution in [0.4, 0.5) is 0 Å². The molecule has 0 N–H and O–H groups in total. The van der Waals surface area contributed by atoms with Gasteiger partial charge in [0.25, 0.3) is 0 Å². The molecule has 0 atom stereocenters. The van der Waals surface area contributed by atoms with Crippen LogP contribution in [0.5, 0.6) is 0 Å². The third kappa shape index (κ3) is 2.30. The van der Waals surface area contributed by atoms with Crippen molar-refractivity contribution in [2.75, 3.05) is 12.4 Å². The second kappa shape index (κ2) is 4.32. The smallest absolute Gasteiger partial charge is 0.228 e. The van der Waals surface area contributed by atoms with Gasteiger partial charge in [0, 0.05) is 23.9 Å². The van der Waals surface area contributed by atoms with Gasteiger partial charge in [0.2, 0.25) is 5.91 Å². The Morgan fingerprint density at radius 3 is 2.47 bits per heavy atom. The predicted molar refractivity (Wildman–Crippen MR) is 62.0 cm³/mol. The van der Waals surface area contributed by atoms with Crippen molar-refractivity contribution in [1.29, 1.82) is 0 Å². The van der Waals surface area contributed by atoms with Crippen molar-refractivity contribution in [3.63, 3.8) is 0 Å². The molecule has 2 aliphatic rings. The van der Waals surface area contributed by atoms with Gasteiger partial charge in [0.1, 0.15) is 0 Å². The Morgan fingerprint density at radius 1 is 1.40 bits per heavy atom. The molecule has 2 fully saturated rings. The van der Waals surface area contributed by atoms with Crippen LogP contribution >= 0.6 is 11.6 Å². The third-order valence-electron chi connectivity index (χ3n) is 3.80. The molecule has 0 bridgehead atoms. The van der Waals surface area contributed by atoms with Crippen LogP contribution in [0, 0.1) is 5.41 Å². The van der Waals surface area contributed by atoms with Gasteiger partial charge in [-0.05, 0) is 25.7 Å². The van der Waals surface area contributed by atoms with Crippen molar-refractivity contribution >= 4 is 17.5 Å². The van der Waals surface area contributed by atoms with Crippen molar-refractivity contribution in [1.82, 2.24) is 4.90 Å². The maximum absolute atomic E-state index is 12.4. The number of carbonyl (C=O) groups excluding carboxylic acids is 1. The molecular weight excluding hydrogens is 210 g/mol. The van der Waals surface area contributed by atoms with Crippen LogP contribution in [-0.2, 0) is 4.79 Å². The van der Waals surface area contributed by atoms with Gasteiger partial charge in [0.05, 0.1) is 0 Å². The lowest BCUT2D eigenvalue weighted by molar-refractivity contribution is -0.141. The molecule has 1 amide bonds. The topological polar surface area (TPSA) is 20.3 Å². The highest BCUT2D eigenvalue weighted by atomic mass is 35.5. The molecule has 0 spiro atoms. The lowest BCUT2D eigenvalue weighted by Gasteiger charge is -2.31. The SMILES string of the molecule is CC1(C(=O)N(CCCl)C2CC2)CCCC1. The summed E-state index contributed by atoms with van der Waals surface area (Å²) in [6.07, 6.45) is 6.91. The fraction of sp³-hybridized carbons (Fsp3) is 0.917. The van der Waals surface area contributed by atoms with E-state index in [9.17, 15) is 4.79 Å². The summed E-state index contributed by atoms with van der Waals surface area (Å²) in [4.78, 5) is 14.4. The molecule has 0 aromatic heterocycles. The summed E-state index contributed by atoms with van der Waals surface area (Å²) in [6, 6.07) is 0.508. The van der Waals surface area contributed by atoms with Crippen molar-refractivity contribution < 1.29 is 4.79 Å². The number of carbonyl (C=O) groups is 1. The second-order valence-corrected chi connectivity index (χ2v) is 5.56. The number of halogens is 1. The predicted octanol–water partition coefficient (Wildman–Crippen LogP) is 2.80. The molecule has 0 unspecified atom stereocenters. The Bertz CT molecular complexity index is 244. The molecule has 0 aliphatic heterocycles. The molecule has 0 heterocycles. The highest BCUT2D eigenvalue weighted by molar-refractivity contribution is 6.18. The summed E-state index contributed by atoms with van der Waals surface area (Å²) < 4.78 is 0. The molecule has 0 aromatic rings. The van der Waals surface area contributed by atoms with E-state index in [0.29, 0.717) is 17.8 Å². The number of amides is 1. The molecule has 15 heavy (non-hydrogen) atoms. The Morgan fingerprint density at radius 2 is 2.00 bits per heavy atom. The van der Waals surface area contributed by atoms with Gasteiger partial charge < -0.3 is 4.90 Å². The summed E-state index contributed by atoms with van der Waals surface area (Å²) in [6.45, 7) is 2.87. The van der Waals surface area contributed by atoms with Gasteiger partial charge >= 0.3 is 0 Å². The number of hydrogen-bond donors (Lipinski definition) is 0. The Hall–Kier alpha value is -0.240. The summed E-state index contributed by atoms with van der Waals surface area (Å²) >= 11 is 5.77. The first-order valence-electron chi connectivity index (χ1n) is 6.04. The normalized spacial score (nSPS) is 24.1. The molecular formula is C12H20ClNO. The molecule has 86 valence electrons. The van der Waals surface area contributed by atoms with E-state index in [2.05, 4.69) is 6.92 Å². The average molecular weight is 230 g/mol. The summed E-state index contributed by atoms with van der Waals surface area (Å²) in [7, 11) is 0. The molecule has 2 nitrogen and oxygen atoms in total. The highest BCUT2D eigenvalue weighted by Gasteiger charge is 2.43. The molecule has 2 rings (SSSR count). The summed E-state index contributed by atoms with van der Waals surface area (Å²) in [5.41, 5.74) is -0.0748. The van der Waals surface area contributed by atoms with Gasteiger partial charge in [-0.15, -0.1) is 11.6 Å². The number of rotatable bonds is 4. The highest BCUT2D eigenvalue weighted by Crippen LogP contribution is 2.41. The van der Waals surface area contributed by atoms with E-state index in [-0.39, 0.29) is 5.41 Å². The first-order chi connectivity index (χ1) is 7.17. The van der Waals surface area contributed by atoms with Gasteiger partial charge in [0.15, 0.2) is 0 Å². The van der Waals surface area contributed by atoms with Gasteiger partial charge in [-0.2, -0.15) is 0 Å². The van der Waals surface area contributed by atoms with Crippen LogP contribution in [0.3, 0.4) is 0 Å². The van der Waals surface area contributed by atoms with Crippen LogP contribution in [0.25, 0.3) is 0 Å². The minimum Gasteiger partial charge on any atom is -0.338 e. The first kappa shape index (κ1) is 11.3. The van der Waals surface area contributed by atoms with Crippen molar-refractivity contribution in [2.45, 2.75) is 51.5 Å². The molecule has 0 radical (unpaired) electrons. The fourth-order valence-corrected chi connectivity index (χ4v) is 2.83. The number of alkyl halides is 1. The van der Waals surface area contributed by atoms with E-state index in [4.69, 9.17) is 11.6 Å². The fourth-order valence-electron chi connectivity index (χ4n) is 2.64. The van der Waals surface area contributed by atoms with Crippen molar-refractivity contribution in [2.24, 2.45) is 5.41 Å². The molecule has 3 heteroatoms. The summed E-state index contributed by atoms with van der Waals surface area (Å²) in [5, 5.41) is 0. The standard InChI is InChI=1S/C12H20ClNO/c1-12(6-2-3-7-12)11(15)14(9-8-13)10-4-5-10/h10H,2-9H2,1H3. The molecule has 0 saturated heterocycles. The minimum atomic E-state index is -0.0748. The zero-order valence-electron chi connectivity index (χ0n) is 9.47. The van der Waals surface area contributed by atoms with Crippen molar-refractivity contribution in [3.05, 3.63) is 0 Å². The van der Waals surface area contributed by atoms with E-state index in [1.165, 1.54) is 25.7 Å². The monoisotopic (exact) mass is 229 g/mol. The van der Waals surface area contributed by atoms with E-state index < -0.39 is 0 Å². The molecule has 0 aromatic carbocycles. The van der Waals surface area contributed by atoms with E-state index in [1.54, 1.807) is 0 Å². The molecule has 2 aliphatic carbocycles. The quantitative estimate of drug-likeness (QED) is 0.679. The van der Waals surface area contributed by atoms with Gasteiger partial charge in [-0.1, -0.05) is 19.8 Å². The van der Waals surface area contributed by atoms with Crippen LogP contribution in [0.2, 0.25) is 0 Å².